The zero-order chi connectivity index (χ0) is 14.4. The van der Waals surface area contributed by atoms with Crippen LogP contribution in [0, 0.1) is 5.92 Å². The van der Waals surface area contributed by atoms with E-state index in [4.69, 9.17) is 10.5 Å². The van der Waals surface area contributed by atoms with E-state index < -0.39 is 0 Å². The Labute approximate surface area is 125 Å². The monoisotopic (exact) mass is 280 g/mol. The fourth-order valence-corrected chi connectivity index (χ4v) is 3.52. The second-order valence-corrected chi connectivity index (χ2v) is 6.18. The van der Waals surface area contributed by atoms with Crippen molar-refractivity contribution in [3.05, 3.63) is 59.7 Å². The summed E-state index contributed by atoms with van der Waals surface area (Å²) < 4.78 is 6.06. The third kappa shape index (κ3) is 2.04. The van der Waals surface area contributed by atoms with Crippen LogP contribution in [-0.4, -0.2) is 24.0 Å². The minimum absolute atomic E-state index is 0.252. The number of rotatable bonds is 1. The van der Waals surface area contributed by atoms with Crippen LogP contribution in [0.1, 0.15) is 24.1 Å². The van der Waals surface area contributed by atoms with E-state index in [2.05, 4.69) is 48.2 Å². The van der Waals surface area contributed by atoms with Crippen molar-refractivity contribution in [3.63, 3.8) is 0 Å². The maximum Gasteiger partial charge on any atom is 0.132 e. The van der Waals surface area contributed by atoms with Crippen molar-refractivity contribution in [2.75, 3.05) is 13.1 Å². The standard InChI is InChI=1S/C18H20N2O/c1-12-10-20(11-15(12)19)18-13-6-2-4-8-16(13)21-17-9-5-3-7-14(17)18/h2-9,12,15,18H,10-11,19H2,1H3. The largest absolute Gasteiger partial charge is 0.457 e. The predicted molar refractivity (Wildman–Crippen MR) is 83.5 cm³/mol. The molecule has 0 spiro atoms. The van der Waals surface area contributed by atoms with Crippen molar-refractivity contribution >= 4 is 0 Å². The summed E-state index contributed by atoms with van der Waals surface area (Å²) in [7, 11) is 0. The van der Waals surface area contributed by atoms with Crippen LogP contribution in [0.25, 0.3) is 0 Å². The lowest BCUT2D eigenvalue weighted by Crippen LogP contribution is -2.32. The molecule has 1 fully saturated rings. The molecule has 2 unspecified atom stereocenters. The summed E-state index contributed by atoms with van der Waals surface area (Å²) in [4.78, 5) is 2.50. The van der Waals surface area contributed by atoms with Gasteiger partial charge in [0.25, 0.3) is 0 Å². The van der Waals surface area contributed by atoms with Crippen LogP contribution in [0.5, 0.6) is 11.5 Å². The van der Waals surface area contributed by atoms with Gasteiger partial charge in [0.05, 0.1) is 6.04 Å². The molecule has 0 radical (unpaired) electrons. The minimum atomic E-state index is 0.252. The van der Waals surface area contributed by atoms with Crippen LogP contribution in [-0.2, 0) is 0 Å². The quantitative estimate of drug-likeness (QED) is 0.872. The first-order chi connectivity index (χ1) is 10.2. The first kappa shape index (κ1) is 12.9. The van der Waals surface area contributed by atoms with E-state index in [1.807, 2.05) is 12.1 Å². The molecule has 3 nitrogen and oxygen atoms in total. The third-order valence-electron chi connectivity index (χ3n) is 4.71. The average molecular weight is 280 g/mol. The Kier molecular flexibility index (Phi) is 2.98. The maximum absolute atomic E-state index is 6.24. The molecule has 0 aromatic heterocycles. The predicted octanol–water partition coefficient (Wildman–Crippen LogP) is 3.16. The van der Waals surface area contributed by atoms with Crippen molar-refractivity contribution in [1.29, 1.82) is 0 Å². The SMILES string of the molecule is CC1CN(C2c3ccccc3Oc3ccccc32)CC1N. The molecule has 4 rings (SSSR count). The third-order valence-corrected chi connectivity index (χ3v) is 4.71. The van der Waals surface area contributed by atoms with Crippen LogP contribution >= 0.6 is 0 Å². The number of hydrogen-bond acceptors (Lipinski definition) is 3. The highest BCUT2D eigenvalue weighted by molar-refractivity contribution is 5.53. The van der Waals surface area contributed by atoms with Crippen LogP contribution in [0.4, 0.5) is 0 Å². The fourth-order valence-electron chi connectivity index (χ4n) is 3.52. The zero-order valence-corrected chi connectivity index (χ0v) is 12.2. The summed E-state index contributed by atoms with van der Waals surface area (Å²) in [5.74, 6) is 2.47. The van der Waals surface area contributed by atoms with Crippen molar-refractivity contribution in [3.8, 4) is 11.5 Å². The number of benzene rings is 2. The Balaban J connectivity index is 1.82. The van der Waals surface area contributed by atoms with Gasteiger partial charge in [-0.05, 0) is 18.1 Å². The molecule has 2 aliphatic heterocycles. The van der Waals surface area contributed by atoms with E-state index in [0.717, 1.165) is 24.6 Å². The molecular weight excluding hydrogens is 260 g/mol. The summed E-state index contributed by atoms with van der Waals surface area (Å²) in [6.07, 6.45) is 0. The topological polar surface area (TPSA) is 38.5 Å². The second-order valence-electron chi connectivity index (χ2n) is 6.18. The van der Waals surface area contributed by atoms with Crippen LogP contribution < -0.4 is 10.5 Å². The molecule has 0 aliphatic carbocycles. The van der Waals surface area contributed by atoms with E-state index in [9.17, 15) is 0 Å². The lowest BCUT2D eigenvalue weighted by atomic mass is 9.93. The van der Waals surface area contributed by atoms with Gasteiger partial charge in [-0.2, -0.15) is 0 Å². The number of para-hydroxylation sites is 2. The molecule has 0 amide bonds. The van der Waals surface area contributed by atoms with Crippen molar-refractivity contribution in [1.82, 2.24) is 4.90 Å². The zero-order valence-electron chi connectivity index (χ0n) is 12.2. The Morgan fingerprint density at radius 2 is 1.52 bits per heavy atom. The molecule has 2 aliphatic rings. The van der Waals surface area contributed by atoms with Gasteiger partial charge >= 0.3 is 0 Å². The lowest BCUT2D eigenvalue weighted by molar-refractivity contribution is 0.252. The number of nitrogens with zero attached hydrogens (tertiary/aromatic N) is 1. The number of ether oxygens (including phenoxy) is 1. The molecule has 3 heteroatoms. The molecule has 21 heavy (non-hydrogen) atoms. The van der Waals surface area contributed by atoms with Gasteiger partial charge in [0.1, 0.15) is 11.5 Å². The highest BCUT2D eigenvalue weighted by Gasteiger charge is 2.37. The second kappa shape index (κ2) is 4.86. The molecule has 0 bridgehead atoms. The summed E-state index contributed by atoms with van der Waals surface area (Å²) in [5, 5.41) is 0. The van der Waals surface area contributed by atoms with Gasteiger partial charge in [0.15, 0.2) is 0 Å². The van der Waals surface area contributed by atoms with Gasteiger partial charge in [0, 0.05) is 30.3 Å². The maximum atomic E-state index is 6.24. The Morgan fingerprint density at radius 1 is 0.952 bits per heavy atom. The van der Waals surface area contributed by atoms with E-state index in [1.165, 1.54) is 11.1 Å². The number of hydrogen-bond donors (Lipinski definition) is 1. The Bertz CT molecular complexity index is 614. The van der Waals surface area contributed by atoms with Crippen molar-refractivity contribution < 1.29 is 4.74 Å². The summed E-state index contributed by atoms with van der Waals surface area (Å²) in [6, 6.07) is 17.2. The van der Waals surface area contributed by atoms with Crippen LogP contribution in [0.3, 0.4) is 0 Å². The highest BCUT2D eigenvalue weighted by Crippen LogP contribution is 2.46. The molecule has 1 saturated heterocycles. The van der Waals surface area contributed by atoms with E-state index in [0.29, 0.717) is 5.92 Å². The summed E-state index contributed by atoms with van der Waals surface area (Å²) >= 11 is 0. The van der Waals surface area contributed by atoms with Crippen molar-refractivity contribution in [2.24, 2.45) is 11.7 Å². The molecule has 2 heterocycles. The van der Waals surface area contributed by atoms with Gasteiger partial charge in [0.2, 0.25) is 0 Å². The first-order valence-corrected chi connectivity index (χ1v) is 7.59. The van der Waals surface area contributed by atoms with Crippen molar-refractivity contribution in [2.45, 2.75) is 19.0 Å². The minimum Gasteiger partial charge on any atom is -0.457 e. The molecule has 0 saturated carbocycles. The van der Waals surface area contributed by atoms with Gasteiger partial charge in [-0.15, -0.1) is 0 Å². The van der Waals surface area contributed by atoms with E-state index in [1.54, 1.807) is 0 Å². The molecule has 2 N–H and O–H groups in total. The van der Waals surface area contributed by atoms with Gasteiger partial charge in [-0.3, -0.25) is 4.90 Å². The molecular formula is C18H20N2O. The number of fused-ring (bicyclic) bond motifs is 2. The molecule has 2 atom stereocenters. The van der Waals surface area contributed by atoms with Crippen LogP contribution in [0.2, 0.25) is 0 Å². The normalized spacial score (nSPS) is 25.2. The number of nitrogens with two attached hydrogens (primary N) is 1. The lowest BCUT2D eigenvalue weighted by Gasteiger charge is -2.34. The average Bonchev–Trinajstić information content (AvgIpc) is 2.83. The Hall–Kier alpha value is -1.84. The molecule has 2 aromatic rings. The smallest absolute Gasteiger partial charge is 0.132 e. The molecule has 108 valence electrons. The van der Waals surface area contributed by atoms with E-state index >= 15 is 0 Å². The van der Waals surface area contributed by atoms with Crippen LogP contribution in [0.15, 0.2) is 48.5 Å². The van der Waals surface area contributed by atoms with Gasteiger partial charge in [-0.1, -0.05) is 43.3 Å². The Morgan fingerprint density at radius 3 is 2.05 bits per heavy atom. The molecule has 2 aromatic carbocycles. The first-order valence-electron chi connectivity index (χ1n) is 7.59. The van der Waals surface area contributed by atoms with Gasteiger partial charge < -0.3 is 10.5 Å². The highest BCUT2D eigenvalue weighted by atomic mass is 16.5. The number of likely N-dealkylation sites (tertiary alicyclic amines) is 1. The fraction of sp³-hybridized carbons (Fsp3) is 0.333. The summed E-state index contributed by atoms with van der Waals surface area (Å²) in [5.41, 5.74) is 8.74. The van der Waals surface area contributed by atoms with E-state index in [-0.39, 0.29) is 12.1 Å². The summed E-state index contributed by atoms with van der Waals surface area (Å²) in [6.45, 7) is 4.21. The van der Waals surface area contributed by atoms with Gasteiger partial charge in [-0.25, -0.2) is 0 Å².